The first kappa shape index (κ1) is 11.6. The number of benzene rings is 1. The Kier molecular flexibility index (Phi) is 3.99. The standard InChI is InChI=1S/C8H8Cl2NO2P/c9-14(10,13)11-8(12)6-7-4-2-1-3-5-7/h1-5H,6H2,(H,11,12,13). The summed E-state index contributed by atoms with van der Waals surface area (Å²) >= 11 is 10.4. The van der Waals surface area contributed by atoms with Gasteiger partial charge >= 0.3 is 6.00 Å². The molecule has 6 heteroatoms. The Morgan fingerprint density at radius 2 is 1.86 bits per heavy atom. The fraction of sp³-hybridized carbons (Fsp3) is 0.125. The molecule has 3 nitrogen and oxygen atoms in total. The molecule has 1 aromatic rings. The van der Waals surface area contributed by atoms with Gasteiger partial charge in [-0.15, -0.1) is 0 Å². The fourth-order valence-electron chi connectivity index (χ4n) is 0.966. The van der Waals surface area contributed by atoms with Crippen LogP contribution in [0.2, 0.25) is 0 Å². The minimum Gasteiger partial charge on any atom is -0.283 e. The van der Waals surface area contributed by atoms with Crippen LogP contribution in [0, 0.1) is 0 Å². The van der Waals surface area contributed by atoms with E-state index in [1.807, 2.05) is 23.3 Å². The minimum absolute atomic E-state index is 0.115. The molecular weight excluding hydrogens is 244 g/mol. The number of nitrogens with one attached hydrogen (secondary N) is 1. The van der Waals surface area contributed by atoms with Crippen molar-refractivity contribution in [3.8, 4) is 0 Å². The van der Waals surface area contributed by atoms with Crippen LogP contribution in [0.15, 0.2) is 30.3 Å². The highest BCUT2D eigenvalue weighted by Crippen LogP contribution is 2.52. The van der Waals surface area contributed by atoms with Crippen LogP contribution in [0.3, 0.4) is 0 Å². The molecule has 0 aliphatic carbocycles. The van der Waals surface area contributed by atoms with E-state index in [1.54, 1.807) is 12.1 Å². The van der Waals surface area contributed by atoms with Crippen molar-refractivity contribution >= 4 is 34.4 Å². The molecule has 0 atom stereocenters. The highest BCUT2D eigenvalue weighted by Gasteiger charge is 2.16. The Morgan fingerprint density at radius 3 is 2.36 bits per heavy atom. The lowest BCUT2D eigenvalue weighted by molar-refractivity contribution is -0.118. The first-order chi connectivity index (χ1) is 6.47. The summed E-state index contributed by atoms with van der Waals surface area (Å²) in [4.78, 5) is 11.2. The predicted octanol–water partition coefficient (Wildman–Crippen LogP) is 2.93. The van der Waals surface area contributed by atoms with Gasteiger partial charge < -0.3 is 0 Å². The lowest BCUT2D eigenvalue weighted by Crippen LogP contribution is -2.18. The van der Waals surface area contributed by atoms with E-state index < -0.39 is 11.9 Å². The van der Waals surface area contributed by atoms with Gasteiger partial charge in [0.05, 0.1) is 6.42 Å². The van der Waals surface area contributed by atoms with Crippen LogP contribution < -0.4 is 5.09 Å². The molecule has 0 unspecified atom stereocenters. The van der Waals surface area contributed by atoms with Crippen LogP contribution in [0.5, 0.6) is 0 Å². The molecule has 0 heterocycles. The number of hydrogen-bond donors (Lipinski definition) is 1. The Hall–Kier alpha value is -0.500. The third-order valence-corrected chi connectivity index (χ3v) is 2.48. The second-order valence-corrected chi connectivity index (χ2v) is 7.18. The molecule has 0 aliphatic heterocycles. The van der Waals surface area contributed by atoms with E-state index in [9.17, 15) is 9.36 Å². The zero-order valence-electron chi connectivity index (χ0n) is 7.11. The number of carbonyl (C=O) groups is 1. The Labute approximate surface area is 91.4 Å². The number of halogens is 2. The van der Waals surface area contributed by atoms with Gasteiger partial charge in [0.15, 0.2) is 0 Å². The topological polar surface area (TPSA) is 46.2 Å². The average molecular weight is 252 g/mol. The van der Waals surface area contributed by atoms with Crippen LogP contribution in [0.1, 0.15) is 5.56 Å². The molecule has 1 aromatic carbocycles. The van der Waals surface area contributed by atoms with Gasteiger partial charge in [-0.2, -0.15) is 0 Å². The van der Waals surface area contributed by atoms with Gasteiger partial charge in [-0.05, 0) is 28.0 Å². The van der Waals surface area contributed by atoms with Gasteiger partial charge in [-0.1, -0.05) is 30.3 Å². The molecule has 14 heavy (non-hydrogen) atoms. The third-order valence-electron chi connectivity index (χ3n) is 1.46. The summed E-state index contributed by atoms with van der Waals surface area (Å²) in [6, 6.07) is 9.03. The van der Waals surface area contributed by atoms with Crippen molar-refractivity contribution in [2.45, 2.75) is 6.42 Å². The van der Waals surface area contributed by atoms with E-state index >= 15 is 0 Å². The molecule has 0 fully saturated rings. The number of hydrogen-bond acceptors (Lipinski definition) is 2. The quantitative estimate of drug-likeness (QED) is 0.840. The Morgan fingerprint density at radius 1 is 1.29 bits per heavy atom. The Bertz CT molecular complexity index is 363. The van der Waals surface area contributed by atoms with Crippen LogP contribution in [-0.4, -0.2) is 5.91 Å². The predicted molar refractivity (Wildman–Crippen MR) is 57.6 cm³/mol. The first-order valence-electron chi connectivity index (χ1n) is 3.82. The molecule has 0 spiro atoms. The lowest BCUT2D eigenvalue weighted by Gasteiger charge is -2.04. The molecular formula is C8H8Cl2NO2P. The van der Waals surface area contributed by atoms with Crippen molar-refractivity contribution in [2.24, 2.45) is 0 Å². The molecule has 0 radical (unpaired) electrons. The van der Waals surface area contributed by atoms with Gasteiger partial charge in [-0.3, -0.25) is 14.4 Å². The molecule has 0 aliphatic rings. The summed E-state index contributed by atoms with van der Waals surface area (Å²) in [7, 11) is 0. The van der Waals surface area contributed by atoms with E-state index in [1.165, 1.54) is 0 Å². The van der Waals surface area contributed by atoms with Crippen molar-refractivity contribution in [3.63, 3.8) is 0 Å². The maximum atomic E-state index is 11.2. The zero-order valence-corrected chi connectivity index (χ0v) is 9.52. The van der Waals surface area contributed by atoms with Crippen LogP contribution in [0.25, 0.3) is 0 Å². The van der Waals surface area contributed by atoms with Crippen molar-refractivity contribution in [2.75, 3.05) is 0 Å². The molecule has 1 rings (SSSR count). The summed E-state index contributed by atoms with van der Waals surface area (Å²) in [5.74, 6) is -3.97. The number of amides is 1. The van der Waals surface area contributed by atoms with Gasteiger partial charge in [0.1, 0.15) is 0 Å². The molecule has 1 N–H and O–H groups in total. The van der Waals surface area contributed by atoms with Gasteiger partial charge in [-0.25, -0.2) is 0 Å². The third kappa shape index (κ3) is 4.66. The smallest absolute Gasteiger partial charge is 0.283 e. The van der Waals surface area contributed by atoms with Crippen molar-refractivity contribution < 1.29 is 9.36 Å². The normalized spacial score (nSPS) is 11.0. The number of rotatable bonds is 3. The van der Waals surface area contributed by atoms with Crippen LogP contribution in [-0.2, 0) is 15.8 Å². The van der Waals surface area contributed by atoms with E-state index in [-0.39, 0.29) is 6.42 Å². The van der Waals surface area contributed by atoms with Crippen LogP contribution >= 0.6 is 28.5 Å². The van der Waals surface area contributed by atoms with Crippen LogP contribution in [0.4, 0.5) is 0 Å². The second-order valence-electron chi connectivity index (χ2n) is 2.66. The fourth-order valence-corrected chi connectivity index (χ4v) is 1.90. The zero-order chi connectivity index (χ0) is 10.6. The van der Waals surface area contributed by atoms with E-state index in [0.29, 0.717) is 0 Å². The Balaban J connectivity index is 2.55. The van der Waals surface area contributed by atoms with Crippen molar-refractivity contribution in [1.82, 2.24) is 5.09 Å². The van der Waals surface area contributed by atoms with E-state index in [4.69, 9.17) is 22.5 Å². The molecule has 1 amide bonds. The molecule has 0 saturated heterocycles. The highest BCUT2D eigenvalue weighted by molar-refractivity contribution is 8.07. The number of carbonyl (C=O) groups excluding carboxylic acids is 1. The summed E-state index contributed by atoms with van der Waals surface area (Å²) in [6.45, 7) is 0. The summed E-state index contributed by atoms with van der Waals surface area (Å²) in [5.41, 5.74) is 0.812. The van der Waals surface area contributed by atoms with E-state index in [2.05, 4.69) is 0 Å². The van der Waals surface area contributed by atoms with Crippen molar-refractivity contribution in [3.05, 3.63) is 35.9 Å². The maximum absolute atomic E-state index is 11.2. The van der Waals surface area contributed by atoms with Gasteiger partial charge in [0, 0.05) is 0 Å². The average Bonchev–Trinajstić information content (AvgIpc) is 2.02. The molecule has 0 saturated carbocycles. The van der Waals surface area contributed by atoms with E-state index in [0.717, 1.165) is 5.56 Å². The molecule has 0 aromatic heterocycles. The first-order valence-corrected chi connectivity index (χ1v) is 7.33. The monoisotopic (exact) mass is 251 g/mol. The SMILES string of the molecule is O=C(Cc1ccccc1)NP(=O)(Cl)Cl. The summed E-state index contributed by atoms with van der Waals surface area (Å²) < 4.78 is 10.8. The lowest BCUT2D eigenvalue weighted by atomic mass is 10.1. The van der Waals surface area contributed by atoms with Gasteiger partial charge in [0.2, 0.25) is 5.91 Å². The molecule has 0 bridgehead atoms. The minimum atomic E-state index is -3.51. The maximum Gasteiger partial charge on any atom is 0.345 e. The molecule has 76 valence electrons. The van der Waals surface area contributed by atoms with Crippen molar-refractivity contribution in [1.29, 1.82) is 0 Å². The highest BCUT2D eigenvalue weighted by atomic mass is 35.9. The second kappa shape index (κ2) is 4.83. The summed E-state index contributed by atoms with van der Waals surface area (Å²) in [6.07, 6.45) is 0.115. The summed E-state index contributed by atoms with van der Waals surface area (Å²) in [5, 5.41) is 2.02. The van der Waals surface area contributed by atoms with Gasteiger partial charge in [0.25, 0.3) is 0 Å². The largest absolute Gasteiger partial charge is 0.345 e.